The first-order valence-corrected chi connectivity index (χ1v) is 9.46. The maximum absolute atomic E-state index is 4.94. The van der Waals surface area contributed by atoms with Crippen LogP contribution >= 0.6 is 0 Å². The van der Waals surface area contributed by atoms with Crippen molar-refractivity contribution in [3.8, 4) is 22.4 Å². The Morgan fingerprint density at radius 1 is 0.778 bits per heavy atom. The lowest BCUT2D eigenvalue weighted by Gasteiger charge is -2.12. The van der Waals surface area contributed by atoms with Crippen molar-refractivity contribution in [1.82, 2.24) is 9.97 Å². The van der Waals surface area contributed by atoms with Crippen LogP contribution in [-0.2, 0) is 0 Å². The number of pyridine rings is 2. The predicted octanol–water partition coefficient (Wildman–Crippen LogP) is 6.70. The van der Waals surface area contributed by atoms with Crippen molar-refractivity contribution in [1.29, 1.82) is 0 Å². The van der Waals surface area contributed by atoms with Crippen LogP contribution in [-0.4, -0.2) is 9.97 Å². The summed E-state index contributed by atoms with van der Waals surface area (Å²) in [4.78, 5) is 9.61. The molecule has 0 aliphatic carbocycles. The molecule has 0 spiro atoms. The smallest absolute Gasteiger partial charge is 0.0716 e. The molecule has 2 aromatic heterocycles. The maximum Gasteiger partial charge on any atom is 0.0716 e. The summed E-state index contributed by atoms with van der Waals surface area (Å²) >= 11 is 0. The van der Waals surface area contributed by atoms with E-state index in [2.05, 4.69) is 87.3 Å². The second-order valence-electron chi connectivity index (χ2n) is 7.58. The fourth-order valence-electron chi connectivity index (χ4n) is 3.59. The number of rotatable bonds is 3. The molecule has 2 aromatic carbocycles. The lowest BCUT2D eigenvalue weighted by molar-refractivity contribution is 0.823. The summed E-state index contributed by atoms with van der Waals surface area (Å²) in [6.07, 6.45) is 1.99. The molecule has 0 fully saturated rings. The molecule has 4 rings (SSSR count). The minimum Gasteiger partial charge on any atom is -0.260 e. The standard InChI is InChI=1S/C25H24N2/c1-16(2)23-10-9-19(15-26-23)22-14-25(20-12-17(3)11-18(4)13-20)27-24-8-6-5-7-21(22)24/h5-16H,1-4H3. The Morgan fingerprint density at radius 3 is 2.19 bits per heavy atom. The minimum atomic E-state index is 0.430. The van der Waals surface area contributed by atoms with Crippen molar-refractivity contribution in [2.24, 2.45) is 0 Å². The van der Waals surface area contributed by atoms with Crippen LogP contribution in [0.4, 0.5) is 0 Å². The van der Waals surface area contributed by atoms with Gasteiger partial charge in [0.1, 0.15) is 0 Å². The van der Waals surface area contributed by atoms with E-state index in [4.69, 9.17) is 4.98 Å². The van der Waals surface area contributed by atoms with Crippen LogP contribution in [0.15, 0.2) is 66.9 Å². The molecule has 0 saturated heterocycles. The van der Waals surface area contributed by atoms with Gasteiger partial charge in [0.25, 0.3) is 0 Å². The van der Waals surface area contributed by atoms with Crippen LogP contribution in [0.2, 0.25) is 0 Å². The number of nitrogens with zero attached hydrogens (tertiary/aromatic N) is 2. The van der Waals surface area contributed by atoms with Crippen LogP contribution in [0.25, 0.3) is 33.3 Å². The van der Waals surface area contributed by atoms with Gasteiger partial charge in [0.15, 0.2) is 0 Å². The Balaban J connectivity index is 1.93. The topological polar surface area (TPSA) is 25.8 Å². The normalized spacial score (nSPS) is 11.3. The molecule has 0 aliphatic heterocycles. The highest BCUT2D eigenvalue weighted by Gasteiger charge is 2.11. The molecule has 0 aliphatic rings. The van der Waals surface area contributed by atoms with Gasteiger partial charge in [0.05, 0.1) is 11.2 Å². The first-order chi connectivity index (χ1) is 13.0. The zero-order chi connectivity index (χ0) is 19.0. The van der Waals surface area contributed by atoms with E-state index in [9.17, 15) is 0 Å². The maximum atomic E-state index is 4.94. The van der Waals surface area contributed by atoms with E-state index in [-0.39, 0.29) is 0 Å². The van der Waals surface area contributed by atoms with Gasteiger partial charge >= 0.3 is 0 Å². The minimum absolute atomic E-state index is 0.430. The molecule has 2 nitrogen and oxygen atoms in total. The summed E-state index contributed by atoms with van der Waals surface area (Å²) in [7, 11) is 0. The molecule has 2 heterocycles. The Bertz CT molecular complexity index is 1090. The Labute approximate surface area is 160 Å². The summed E-state index contributed by atoms with van der Waals surface area (Å²) in [5, 5.41) is 1.16. The van der Waals surface area contributed by atoms with Gasteiger partial charge in [-0.1, -0.05) is 55.3 Å². The van der Waals surface area contributed by atoms with Crippen LogP contribution in [0, 0.1) is 13.8 Å². The molecule has 0 N–H and O–H groups in total. The van der Waals surface area contributed by atoms with Gasteiger partial charge in [-0.05, 0) is 55.7 Å². The average Bonchev–Trinajstić information content (AvgIpc) is 2.66. The van der Waals surface area contributed by atoms with Gasteiger partial charge in [-0.25, -0.2) is 4.98 Å². The van der Waals surface area contributed by atoms with E-state index in [1.807, 2.05) is 12.3 Å². The summed E-state index contributed by atoms with van der Waals surface area (Å²) in [5.74, 6) is 0.430. The largest absolute Gasteiger partial charge is 0.260 e. The molecule has 0 atom stereocenters. The van der Waals surface area contributed by atoms with Gasteiger partial charge in [-0.3, -0.25) is 4.98 Å². The second kappa shape index (κ2) is 6.96. The van der Waals surface area contributed by atoms with Crippen LogP contribution in [0.1, 0.15) is 36.6 Å². The average molecular weight is 352 g/mol. The highest BCUT2D eigenvalue weighted by atomic mass is 14.7. The Morgan fingerprint density at radius 2 is 1.52 bits per heavy atom. The number of hydrogen-bond donors (Lipinski definition) is 0. The van der Waals surface area contributed by atoms with Gasteiger partial charge in [0, 0.05) is 28.4 Å². The van der Waals surface area contributed by atoms with Crippen molar-refractivity contribution >= 4 is 10.9 Å². The fraction of sp³-hybridized carbons (Fsp3) is 0.200. The quantitative estimate of drug-likeness (QED) is 0.410. The summed E-state index contributed by atoms with van der Waals surface area (Å²) in [6, 6.07) is 21.4. The molecular weight excluding hydrogens is 328 g/mol. The zero-order valence-electron chi connectivity index (χ0n) is 16.3. The lowest BCUT2D eigenvalue weighted by Crippen LogP contribution is -1.94. The van der Waals surface area contributed by atoms with Crippen molar-refractivity contribution in [2.45, 2.75) is 33.6 Å². The van der Waals surface area contributed by atoms with Crippen molar-refractivity contribution in [2.75, 3.05) is 0 Å². The van der Waals surface area contributed by atoms with Crippen LogP contribution in [0.5, 0.6) is 0 Å². The zero-order valence-corrected chi connectivity index (χ0v) is 16.3. The van der Waals surface area contributed by atoms with E-state index < -0.39 is 0 Å². The van der Waals surface area contributed by atoms with Crippen molar-refractivity contribution < 1.29 is 0 Å². The lowest BCUT2D eigenvalue weighted by atomic mass is 9.97. The predicted molar refractivity (Wildman–Crippen MR) is 114 cm³/mol. The molecule has 0 saturated carbocycles. The fourth-order valence-corrected chi connectivity index (χ4v) is 3.59. The van der Waals surface area contributed by atoms with Crippen LogP contribution in [0.3, 0.4) is 0 Å². The van der Waals surface area contributed by atoms with E-state index >= 15 is 0 Å². The van der Waals surface area contributed by atoms with Gasteiger partial charge in [-0.2, -0.15) is 0 Å². The number of hydrogen-bond acceptors (Lipinski definition) is 2. The van der Waals surface area contributed by atoms with Gasteiger partial charge < -0.3 is 0 Å². The Hall–Kier alpha value is -3.00. The molecule has 0 radical (unpaired) electrons. The SMILES string of the molecule is Cc1cc(C)cc(-c2cc(-c3ccc(C(C)C)nc3)c3ccccc3n2)c1. The number of benzene rings is 2. The Kier molecular flexibility index (Phi) is 4.49. The highest BCUT2D eigenvalue weighted by Crippen LogP contribution is 2.32. The molecule has 0 unspecified atom stereocenters. The third-order valence-corrected chi connectivity index (χ3v) is 4.92. The number of fused-ring (bicyclic) bond motifs is 1. The third kappa shape index (κ3) is 3.48. The summed E-state index contributed by atoms with van der Waals surface area (Å²) in [5.41, 5.74) is 9.11. The summed E-state index contributed by atoms with van der Waals surface area (Å²) < 4.78 is 0. The van der Waals surface area contributed by atoms with Crippen molar-refractivity contribution in [3.63, 3.8) is 0 Å². The van der Waals surface area contributed by atoms with Crippen LogP contribution < -0.4 is 0 Å². The number of aromatic nitrogens is 2. The third-order valence-electron chi connectivity index (χ3n) is 4.92. The van der Waals surface area contributed by atoms with Gasteiger partial charge in [-0.15, -0.1) is 0 Å². The van der Waals surface area contributed by atoms with E-state index in [1.54, 1.807) is 0 Å². The molecule has 0 bridgehead atoms. The van der Waals surface area contributed by atoms with E-state index in [0.29, 0.717) is 5.92 Å². The first kappa shape index (κ1) is 17.4. The molecular formula is C25H24N2. The van der Waals surface area contributed by atoms with Gasteiger partial charge in [0.2, 0.25) is 0 Å². The monoisotopic (exact) mass is 352 g/mol. The van der Waals surface area contributed by atoms with E-state index in [1.165, 1.54) is 16.7 Å². The number of aryl methyl sites for hydroxylation is 2. The second-order valence-corrected chi connectivity index (χ2v) is 7.58. The molecule has 27 heavy (non-hydrogen) atoms. The molecule has 4 aromatic rings. The van der Waals surface area contributed by atoms with Crippen molar-refractivity contribution in [3.05, 3.63) is 83.7 Å². The first-order valence-electron chi connectivity index (χ1n) is 9.46. The van der Waals surface area contributed by atoms with E-state index in [0.717, 1.165) is 33.4 Å². The molecule has 134 valence electrons. The molecule has 2 heteroatoms. The number of para-hydroxylation sites is 1. The highest BCUT2D eigenvalue weighted by molar-refractivity contribution is 5.96. The summed E-state index contributed by atoms with van der Waals surface area (Å²) in [6.45, 7) is 8.60. The molecule has 0 amide bonds.